The van der Waals surface area contributed by atoms with Crippen LogP contribution in [0.25, 0.3) is 0 Å². The molecule has 3 aromatic rings. The SMILES string of the molecule is CCCOCC(=Nc1ccc(Cl)cc1C(F)(F)F)n1ccnc1.c1cncnc1. The zero-order valence-electron chi connectivity index (χ0n) is 15.6. The molecule has 0 atom stereocenters. The van der Waals surface area contributed by atoms with E-state index in [1.165, 1.54) is 35.6 Å². The summed E-state index contributed by atoms with van der Waals surface area (Å²) in [5.74, 6) is 0.309. The number of halogens is 4. The molecule has 0 fully saturated rings. The Hall–Kier alpha value is -2.78. The van der Waals surface area contributed by atoms with Crippen molar-refractivity contribution in [3.63, 3.8) is 0 Å². The Morgan fingerprint density at radius 2 is 1.93 bits per heavy atom. The maximum absolute atomic E-state index is 13.1. The lowest BCUT2D eigenvalue weighted by Crippen LogP contribution is -2.18. The lowest BCUT2D eigenvalue weighted by molar-refractivity contribution is -0.137. The van der Waals surface area contributed by atoms with Crippen LogP contribution in [0.3, 0.4) is 0 Å². The van der Waals surface area contributed by atoms with Gasteiger partial charge in [-0.25, -0.2) is 19.9 Å². The Morgan fingerprint density at radius 3 is 2.45 bits per heavy atom. The van der Waals surface area contributed by atoms with E-state index in [0.29, 0.717) is 12.4 Å². The van der Waals surface area contributed by atoms with Crippen molar-refractivity contribution in [1.82, 2.24) is 19.5 Å². The van der Waals surface area contributed by atoms with Crippen molar-refractivity contribution in [2.75, 3.05) is 13.2 Å². The molecule has 0 spiro atoms. The highest BCUT2D eigenvalue weighted by Crippen LogP contribution is 2.38. The summed E-state index contributed by atoms with van der Waals surface area (Å²) < 4.78 is 46.4. The molecule has 154 valence electrons. The third-order valence-corrected chi connectivity index (χ3v) is 3.61. The van der Waals surface area contributed by atoms with E-state index in [1.807, 2.05) is 6.92 Å². The number of benzene rings is 1. The van der Waals surface area contributed by atoms with Crippen LogP contribution in [0.4, 0.5) is 18.9 Å². The monoisotopic (exact) mass is 425 g/mol. The molecule has 0 N–H and O–H groups in total. The third kappa shape index (κ3) is 7.63. The number of hydrogen-bond acceptors (Lipinski definition) is 5. The predicted molar refractivity (Wildman–Crippen MR) is 104 cm³/mol. The highest BCUT2D eigenvalue weighted by Gasteiger charge is 2.34. The number of ether oxygens (including phenoxy) is 1. The van der Waals surface area contributed by atoms with Crippen molar-refractivity contribution < 1.29 is 17.9 Å². The Labute approximate surface area is 171 Å². The number of rotatable bonds is 5. The van der Waals surface area contributed by atoms with Gasteiger partial charge in [0.1, 0.15) is 25.1 Å². The van der Waals surface area contributed by atoms with Crippen molar-refractivity contribution in [2.45, 2.75) is 19.5 Å². The molecule has 0 saturated carbocycles. The number of nitrogens with zero attached hydrogens (tertiary/aromatic N) is 5. The quantitative estimate of drug-likeness (QED) is 0.326. The Bertz CT molecular complexity index is 860. The van der Waals surface area contributed by atoms with Crippen LogP contribution in [0.5, 0.6) is 0 Å². The van der Waals surface area contributed by atoms with Gasteiger partial charge in [-0.15, -0.1) is 0 Å². The lowest BCUT2D eigenvalue weighted by Gasteiger charge is -2.13. The first-order valence-electron chi connectivity index (χ1n) is 8.62. The Kier molecular flexibility index (Phi) is 8.75. The van der Waals surface area contributed by atoms with Crippen LogP contribution >= 0.6 is 11.6 Å². The zero-order chi connectivity index (χ0) is 21.1. The van der Waals surface area contributed by atoms with Crippen molar-refractivity contribution in [3.8, 4) is 0 Å². The van der Waals surface area contributed by atoms with E-state index >= 15 is 0 Å². The van der Waals surface area contributed by atoms with Gasteiger partial charge >= 0.3 is 6.18 Å². The second-order valence-electron chi connectivity index (χ2n) is 5.61. The fourth-order valence-electron chi connectivity index (χ4n) is 2.11. The van der Waals surface area contributed by atoms with E-state index in [-0.39, 0.29) is 17.3 Å². The summed E-state index contributed by atoms with van der Waals surface area (Å²) in [5, 5.41) is 0.00249. The van der Waals surface area contributed by atoms with Crippen LogP contribution < -0.4 is 0 Å². The summed E-state index contributed by atoms with van der Waals surface area (Å²) in [6.07, 6.45) is 5.69. The zero-order valence-corrected chi connectivity index (χ0v) is 16.3. The van der Waals surface area contributed by atoms with Gasteiger partial charge in [0.05, 0.1) is 11.3 Å². The minimum absolute atomic E-state index is 0.00249. The summed E-state index contributed by atoms with van der Waals surface area (Å²) in [6.45, 7) is 2.50. The first-order chi connectivity index (χ1) is 13.9. The van der Waals surface area contributed by atoms with Crippen LogP contribution in [0, 0.1) is 0 Å². The molecule has 0 amide bonds. The van der Waals surface area contributed by atoms with Gasteiger partial charge in [-0.2, -0.15) is 13.2 Å². The van der Waals surface area contributed by atoms with E-state index in [1.54, 1.807) is 24.7 Å². The first-order valence-corrected chi connectivity index (χ1v) is 9.00. The topological polar surface area (TPSA) is 65.2 Å². The fraction of sp³-hybridized carbons (Fsp3) is 0.263. The van der Waals surface area contributed by atoms with Gasteiger partial charge in [-0.1, -0.05) is 18.5 Å². The second kappa shape index (κ2) is 11.3. The molecule has 0 aliphatic rings. The minimum atomic E-state index is -4.55. The van der Waals surface area contributed by atoms with Gasteiger partial charge in [-0.3, -0.25) is 4.57 Å². The molecule has 0 radical (unpaired) electrons. The first kappa shape index (κ1) is 22.5. The molecule has 2 aromatic heterocycles. The van der Waals surface area contributed by atoms with Crippen molar-refractivity contribution in [2.24, 2.45) is 4.99 Å². The standard InChI is InChI=1S/C15H15ClF3N3O.C4H4N2/c1-2-7-23-9-14(22-6-5-20-10-22)21-13-4-3-11(16)8-12(13)15(17,18)19;1-2-5-4-6-3-1/h3-6,8,10H,2,7,9H2,1H3;1-4H. The highest BCUT2D eigenvalue weighted by molar-refractivity contribution is 6.30. The van der Waals surface area contributed by atoms with E-state index in [4.69, 9.17) is 16.3 Å². The molecule has 0 unspecified atom stereocenters. The maximum atomic E-state index is 13.1. The van der Waals surface area contributed by atoms with E-state index in [2.05, 4.69) is 19.9 Å². The van der Waals surface area contributed by atoms with Crippen LogP contribution in [0.1, 0.15) is 18.9 Å². The van der Waals surface area contributed by atoms with Gasteiger partial charge < -0.3 is 4.74 Å². The average molecular weight is 426 g/mol. The summed E-state index contributed by atoms with van der Waals surface area (Å²) in [7, 11) is 0. The van der Waals surface area contributed by atoms with Gasteiger partial charge in [0, 0.05) is 36.4 Å². The molecule has 1 aromatic carbocycles. The van der Waals surface area contributed by atoms with E-state index < -0.39 is 11.7 Å². The number of imidazole rings is 1. The minimum Gasteiger partial charge on any atom is -0.374 e. The third-order valence-electron chi connectivity index (χ3n) is 3.37. The van der Waals surface area contributed by atoms with Crippen LogP contribution in [-0.2, 0) is 10.9 Å². The van der Waals surface area contributed by atoms with E-state index in [0.717, 1.165) is 12.5 Å². The van der Waals surface area contributed by atoms with E-state index in [9.17, 15) is 13.2 Å². The maximum Gasteiger partial charge on any atom is 0.418 e. The summed E-state index contributed by atoms with van der Waals surface area (Å²) in [5.41, 5.74) is -1.11. The van der Waals surface area contributed by atoms with Gasteiger partial charge in [0.25, 0.3) is 0 Å². The Morgan fingerprint density at radius 1 is 1.17 bits per heavy atom. The largest absolute Gasteiger partial charge is 0.418 e. The number of aliphatic imine (C=N–C) groups is 1. The van der Waals surface area contributed by atoms with Gasteiger partial charge in [0.15, 0.2) is 0 Å². The molecule has 0 saturated heterocycles. The second-order valence-corrected chi connectivity index (χ2v) is 6.05. The smallest absolute Gasteiger partial charge is 0.374 e. The molecule has 10 heteroatoms. The summed E-state index contributed by atoms with van der Waals surface area (Å²) >= 11 is 5.67. The molecule has 0 aliphatic heterocycles. The van der Waals surface area contributed by atoms with Crippen molar-refractivity contribution >= 4 is 23.1 Å². The molecule has 2 heterocycles. The molecule has 0 bridgehead atoms. The molecular formula is C19H19ClF3N5O. The fourth-order valence-corrected chi connectivity index (χ4v) is 2.28. The molecular weight excluding hydrogens is 407 g/mol. The number of aromatic nitrogens is 4. The lowest BCUT2D eigenvalue weighted by atomic mass is 10.1. The number of hydrogen-bond donors (Lipinski definition) is 0. The van der Waals surface area contributed by atoms with Crippen LogP contribution in [0.15, 0.2) is 66.7 Å². The van der Waals surface area contributed by atoms with Crippen LogP contribution in [-0.4, -0.2) is 38.6 Å². The highest BCUT2D eigenvalue weighted by atomic mass is 35.5. The molecule has 3 rings (SSSR count). The Balaban J connectivity index is 0.000000426. The normalized spacial score (nSPS) is 11.7. The molecule has 0 aliphatic carbocycles. The average Bonchev–Trinajstić information content (AvgIpc) is 3.24. The number of alkyl halides is 3. The van der Waals surface area contributed by atoms with Gasteiger partial charge in [-0.05, 0) is 30.7 Å². The van der Waals surface area contributed by atoms with Crippen molar-refractivity contribution in [1.29, 1.82) is 0 Å². The van der Waals surface area contributed by atoms with Gasteiger partial charge in [0.2, 0.25) is 0 Å². The summed E-state index contributed by atoms with van der Waals surface area (Å²) in [6, 6.07) is 5.24. The molecule has 29 heavy (non-hydrogen) atoms. The molecule has 6 nitrogen and oxygen atoms in total. The summed E-state index contributed by atoms with van der Waals surface area (Å²) in [4.78, 5) is 15.3. The van der Waals surface area contributed by atoms with Crippen LogP contribution in [0.2, 0.25) is 5.02 Å². The van der Waals surface area contributed by atoms with Crippen molar-refractivity contribution in [3.05, 3.63) is 72.3 Å². The predicted octanol–water partition coefficient (Wildman–Crippen LogP) is 5.04.